The highest BCUT2D eigenvalue weighted by Gasteiger charge is 2.34. The van der Waals surface area contributed by atoms with Gasteiger partial charge in [-0.15, -0.1) is 0 Å². The van der Waals surface area contributed by atoms with Gasteiger partial charge in [-0.2, -0.15) is 0 Å². The number of halogens is 1. The molecule has 3 nitrogen and oxygen atoms in total. The van der Waals surface area contributed by atoms with E-state index < -0.39 is 5.60 Å². The van der Waals surface area contributed by atoms with E-state index in [1.165, 1.54) is 0 Å². The van der Waals surface area contributed by atoms with E-state index in [1.54, 1.807) is 6.20 Å². The molecule has 0 amide bonds. The summed E-state index contributed by atoms with van der Waals surface area (Å²) in [6, 6.07) is 3.87. The van der Waals surface area contributed by atoms with Crippen LogP contribution in [0.1, 0.15) is 5.56 Å². The maximum absolute atomic E-state index is 9.83. The normalized spacial score (nSPS) is 19.5. The molecule has 1 aromatic rings. The van der Waals surface area contributed by atoms with Crippen molar-refractivity contribution in [3.8, 4) is 0 Å². The molecule has 0 radical (unpaired) electrons. The molecule has 2 N–H and O–H groups in total. The Kier molecular flexibility index (Phi) is 2.36. The van der Waals surface area contributed by atoms with E-state index in [0.29, 0.717) is 19.5 Å². The van der Waals surface area contributed by atoms with Crippen LogP contribution in [-0.2, 0) is 6.42 Å². The summed E-state index contributed by atoms with van der Waals surface area (Å²) in [6.07, 6.45) is 2.47. The van der Waals surface area contributed by atoms with Crippen LogP contribution < -0.4 is 5.32 Å². The summed E-state index contributed by atoms with van der Waals surface area (Å²) >= 11 is 3.27. The smallest absolute Gasteiger partial charge is 0.106 e. The Balaban J connectivity index is 2.05. The van der Waals surface area contributed by atoms with Gasteiger partial charge in [0.15, 0.2) is 0 Å². The highest BCUT2D eigenvalue weighted by Crippen LogP contribution is 2.17. The zero-order valence-electron chi connectivity index (χ0n) is 7.13. The SMILES string of the molecule is OC1(Cc2ccc(Br)nc2)CNC1. The fraction of sp³-hybridized carbons (Fsp3) is 0.444. The summed E-state index contributed by atoms with van der Waals surface area (Å²) < 4.78 is 0.829. The van der Waals surface area contributed by atoms with Crippen molar-refractivity contribution in [1.29, 1.82) is 0 Å². The van der Waals surface area contributed by atoms with E-state index in [4.69, 9.17) is 0 Å². The molecule has 0 spiro atoms. The molecule has 1 aliphatic rings. The van der Waals surface area contributed by atoms with E-state index in [2.05, 4.69) is 26.2 Å². The second-order valence-electron chi connectivity index (χ2n) is 3.49. The molecule has 70 valence electrons. The van der Waals surface area contributed by atoms with Gasteiger partial charge in [-0.3, -0.25) is 0 Å². The van der Waals surface area contributed by atoms with E-state index >= 15 is 0 Å². The first-order chi connectivity index (χ1) is 6.18. The first-order valence-electron chi connectivity index (χ1n) is 4.22. The number of rotatable bonds is 2. The van der Waals surface area contributed by atoms with Crippen molar-refractivity contribution in [2.24, 2.45) is 0 Å². The molecule has 1 aromatic heterocycles. The second-order valence-corrected chi connectivity index (χ2v) is 4.31. The largest absolute Gasteiger partial charge is 0.387 e. The van der Waals surface area contributed by atoms with Gasteiger partial charge >= 0.3 is 0 Å². The molecule has 1 fully saturated rings. The zero-order valence-corrected chi connectivity index (χ0v) is 8.71. The Labute approximate surface area is 85.3 Å². The van der Waals surface area contributed by atoms with Crippen LogP contribution in [0.5, 0.6) is 0 Å². The van der Waals surface area contributed by atoms with Crippen molar-refractivity contribution < 1.29 is 5.11 Å². The van der Waals surface area contributed by atoms with E-state index in [-0.39, 0.29) is 0 Å². The highest BCUT2D eigenvalue weighted by atomic mass is 79.9. The summed E-state index contributed by atoms with van der Waals surface area (Å²) in [4.78, 5) is 4.11. The Morgan fingerprint density at radius 1 is 1.54 bits per heavy atom. The molecule has 0 aliphatic carbocycles. The average Bonchev–Trinajstić information content (AvgIpc) is 2.06. The van der Waals surface area contributed by atoms with Crippen molar-refractivity contribution in [3.63, 3.8) is 0 Å². The van der Waals surface area contributed by atoms with Crippen molar-refractivity contribution >= 4 is 15.9 Å². The molecular formula is C9H11BrN2O. The Morgan fingerprint density at radius 3 is 2.77 bits per heavy atom. The fourth-order valence-corrected chi connectivity index (χ4v) is 1.66. The maximum Gasteiger partial charge on any atom is 0.106 e. The van der Waals surface area contributed by atoms with Crippen LogP contribution in [0.25, 0.3) is 0 Å². The molecule has 4 heteroatoms. The minimum Gasteiger partial charge on any atom is -0.387 e. The van der Waals surface area contributed by atoms with E-state index in [9.17, 15) is 5.11 Å². The molecule has 2 heterocycles. The fourth-order valence-electron chi connectivity index (χ4n) is 1.43. The van der Waals surface area contributed by atoms with Crippen LogP contribution in [0.2, 0.25) is 0 Å². The first kappa shape index (κ1) is 9.12. The molecule has 1 aliphatic heterocycles. The zero-order chi connectivity index (χ0) is 9.31. The predicted octanol–water partition coefficient (Wildman–Crippen LogP) is 0.721. The summed E-state index contributed by atoms with van der Waals surface area (Å²) in [5, 5.41) is 12.9. The number of nitrogens with zero attached hydrogens (tertiary/aromatic N) is 1. The molecule has 13 heavy (non-hydrogen) atoms. The van der Waals surface area contributed by atoms with Gasteiger partial charge < -0.3 is 10.4 Å². The van der Waals surface area contributed by atoms with E-state index in [1.807, 2.05) is 12.1 Å². The Morgan fingerprint density at radius 2 is 2.31 bits per heavy atom. The minimum absolute atomic E-state index is 0.546. The molecule has 0 atom stereocenters. The van der Waals surface area contributed by atoms with Gasteiger partial charge in [-0.1, -0.05) is 6.07 Å². The molecule has 0 unspecified atom stereocenters. The number of hydrogen-bond donors (Lipinski definition) is 2. The third-order valence-electron chi connectivity index (χ3n) is 2.23. The topological polar surface area (TPSA) is 45.2 Å². The lowest BCUT2D eigenvalue weighted by Crippen LogP contribution is -2.60. The predicted molar refractivity (Wildman–Crippen MR) is 53.5 cm³/mol. The van der Waals surface area contributed by atoms with Crippen LogP contribution in [-0.4, -0.2) is 28.8 Å². The lowest BCUT2D eigenvalue weighted by molar-refractivity contribution is -0.00908. The Bertz CT molecular complexity index is 295. The number of aromatic nitrogens is 1. The number of pyridine rings is 1. The molecular weight excluding hydrogens is 232 g/mol. The standard InChI is InChI=1S/C9H11BrN2O/c10-8-2-1-7(4-12-8)3-9(13)5-11-6-9/h1-2,4,11,13H,3,5-6H2. The van der Waals surface area contributed by atoms with Crippen LogP contribution in [0.3, 0.4) is 0 Å². The van der Waals surface area contributed by atoms with Crippen molar-refractivity contribution in [2.45, 2.75) is 12.0 Å². The minimum atomic E-state index is -0.546. The van der Waals surface area contributed by atoms with Gasteiger partial charge in [-0.25, -0.2) is 4.98 Å². The monoisotopic (exact) mass is 242 g/mol. The van der Waals surface area contributed by atoms with Crippen LogP contribution in [0.4, 0.5) is 0 Å². The van der Waals surface area contributed by atoms with Gasteiger partial charge in [0.05, 0.1) is 5.60 Å². The van der Waals surface area contributed by atoms with Gasteiger partial charge in [0.1, 0.15) is 4.60 Å². The number of β-amino-alcohol motifs (C(OH)–C–C–N with tert-alkyl or cyclic N) is 1. The van der Waals surface area contributed by atoms with Gasteiger partial charge in [0, 0.05) is 25.7 Å². The lowest BCUT2D eigenvalue weighted by atomic mass is 9.90. The molecule has 1 saturated heterocycles. The van der Waals surface area contributed by atoms with Gasteiger partial charge in [-0.05, 0) is 27.6 Å². The van der Waals surface area contributed by atoms with Crippen LogP contribution in [0.15, 0.2) is 22.9 Å². The number of hydrogen-bond acceptors (Lipinski definition) is 3. The third kappa shape index (κ3) is 2.07. The van der Waals surface area contributed by atoms with E-state index in [0.717, 1.165) is 10.2 Å². The molecule has 0 aromatic carbocycles. The van der Waals surface area contributed by atoms with Crippen LogP contribution >= 0.6 is 15.9 Å². The van der Waals surface area contributed by atoms with Crippen molar-refractivity contribution in [3.05, 3.63) is 28.5 Å². The van der Waals surface area contributed by atoms with Crippen LogP contribution in [0, 0.1) is 0 Å². The summed E-state index contributed by atoms with van der Waals surface area (Å²) in [6.45, 7) is 1.37. The third-order valence-corrected chi connectivity index (χ3v) is 2.70. The summed E-state index contributed by atoms with van der Waals surface area (Å²) in [5.74, 6) is 0. The Hall–Kier alpha value is -0.450. The summed E-state index contributed by atoms with van der Waals surface area (Å²) in [7, 11) is 0. The molecule has 2 rings (SSSR count). The number of aliphatic hydroxyl groups is 1. The molecule has 0 bridgehead atoms. The quantitative estimate of drug-likeness (QED) is 0.752. The van der Waals surface area contributed by atoms with Crippen molar-refractivity contribution in [2.75, 3.05) is 13.1 Å². The van der Waals surface area contributed by atoms with Gasteiger partial charge in [0.2, 0.25) is 0 Å². The second kappa shape index (κ2) is 3.36. The first-order valence-corrected chi connectivity index (χ1v) is 5.01. The van der Waals surface area contributed by atoms with Crippen molar-refractivity contribution in [1.82, 2.24) is 10.3 Å². The summed E-state index contributed by atoms with van der Waals surface area (Å²) in [5.41, 5.74) is 0.530. The lowest BCUT2D eigenvalue weighted by Gasteiger charge is -2.37. The maximum atomic E-state index is 9.83. The average molecular weight is 243 g/mol. The highest BCUT2D eigenvalue weighted by molar-refractivity contribution is 9.10. The molecule has 0 saturated carbocycles. The van der Waals surface area contributed by atoms with Gasteiger partial charge in [0.25, 0.3) is 0 Å². The number of nitrogens with one attached hydrogen (secondary N) is 1.